The van der Waals surface area contributed by atoms with E-state index in [0.29, 0.717) is 0 Å². The van der Waals surface area contributed by atoms with E-state index in [2.05, 4.69) is 46.4 Å². The summed E-state index contributed by atoms with van der Waals surface area (Å²) in [5, 5.41) is 2.40. The van der Waals surface area contributed by atoms with Crippen LogP contribution >= 0.6 is 11.3 Å². The second-order valence-corrected chi connectivity index (χ2v) is 5.40. The predicted molar refractivity (Wildman–Crippen MR) is 80.4 cm³/mol. The summed E-state index contributed by atoms with van der Waals surface area (Å²) in [7, 11) is 0. The molecular weight excluding hydrogens is 252 g/mol. The van der Waals surface area contributed by atoms with Crippen LogP contribution in [0.25, 0.3) is 31.6 Å². The summed E-state index contributed by atoms with van der Waals surface area (Å²) in [5.74, 6) is 0. The molecule has 2 heterocycles. The van der Waals surface area contributed by atoms with Gasteiger partial charge in [-0.15, -0.1) is 11.3 Å². The van der Waals surface area contributed by atoms with Crippen LogP contribution in [-0.2, 0) is 0 Å². The molecule has 0 saturated carbocycles. The molecule has 4 rings (SSSR count). The van der Waals surface area contributed by atoms with Crippen LogP contribution in [0.5, 0.6) is 0 Å². The fourth-order valence-electron chi connectivity index (χ4n) is 2.37. The minimum atomic E-state index is 1.02. The van der Waals surface area contributed by atoms with Gasteiger partial charge in [-0.05, 0) is 6.07 Å². The minimum Gasteiger partial charge on any atom is -0.236 e. The highest BCUT2D eigenvalue weighted by Gasteiger charge is 2.12. The van der Waals surface area contributed by atoms with E-state index in [1.807, 2.05) is 18.2 Å². The maximum Gasteiger partial charge on any atom is 0.128 e. The van der Waals surface area contributed by atoms with E-state index in [1.165, 1.54) is 10.1 Å². The van der Waals surface area contributed by atoms with Gasteiger partial charge in [0.2, 0.25) is 0 Å². The summed E-state index contributed by atoms with van der Waals surface area (Å²) in [6.07, 6.45) is 1.65. The van der Waals surface area contributed by atoms with Crippen LogP contribution in [0.15, 0.2) is 60.9 Å². The van der Waals surface area contributed by atoms with Gasteiger partial charge in [0.15, 0.2) is 0 Å². The average molecular weight is 262 g/mol. The molecule has 0 saturated heterocycles. The quantitative estimate of drug-likeness (QED) is 0.504. The van der Waals surface area contributed by atoms with Crippen molar-refractivity contribution < 1.29 is 0 Å². The zero-order valence-corrected chi connectivity index (χ0v) is 10.9. The summed E-state index contributed by atoms with van der Waals surface area (Å²) >= 11 is 1.72. The van der Waals surface area contributed by atoms with Crippen molar-refractivity contribution >= 4 is 31.6 Å². The summed E-state index contributed by atoms with van der Waals surface area (Å²) in [5.41, 5.74) is 2.15. The number of nitrogens with zero attached hydrogens (tertiary/aromatic N) is 2. The third kappa shape index (κ3) is 1.63. The van der Waals surface area contributed by atoms with E-state index < -0.39 is 0 Å². The van der Waals surface area contributed by atoms with Gasteiger partial charge in [0.1, 0.15) is 11.2 Å². The van der Waals surface area contributed by atoms with Gasteiger partial charge in [0, 0.05) is 21.0 Å². The number of fused-ring (bicyclic) bond motifs is 3. The zero-order chi connectivity index (χ0) is 12.7. The smallest absolute Gasteiger partial charge is 0.128 e. The van der Waals surface area contributed by atoms with Crippen molar-refractivity contribution in [3.05, 3.63) is 60.9 Å². The largest absolute Gasteiger partial charge is 0.236 e. The Morgan fingerprint density at radius 2 is 1.58 bits per heavy atom. The first-order valence-corrected chi connectivity index (χ1v) is 6.93. The molecule has 0 atom stereocenters. The first-order valence-electron chi connectivity index (χ1n) is 6.11. The molecule has 2 aromatic carbocycles. The Morgan fingerprint density at radius 3 is 2.47 bits per heavy atom. The number of aromatic nitrogens is 2. The molecule has 0 amide bonds. The molecule has 0 spiro atoms. The van der Waals surface area contributed by atoms with Gasteiger partial charge in [0.05, 0.1) is 5.69 Å². The molecule has 2 aromatic heterocycles. The number of hydrogen-bond donors (Lipinski definition) is 0. The van der Waals surface area contributed by atoms with Gasteiger partial charge < -0.3 is 0 Å². The monoisotopic (exact) mass is 262 g/mol. The summed E-state index contributed by atoms with van der Waals surface area (Å²) in [4.78, 5) is 9.96. The molecule has 90 valence electrons. The highest BCUT2D eigenvalue weighted by Crippen LogP contribution is 2.37. The van der Waals surface area contributed by atoms with E-state index in [9.17, 15) is 0 Å². The molecule has 19 heavy (non-hydrogen) atoms. The Hall–Kier alpha value is -2.26. The Kier molecular flexibility index (Phi) is 2.32. The van der Waals surface area contributed by atoms with Gasteiger partial charge in [-0.3, -0.25) is 0 Å². The van der Waals surface area contributed by atoms with Gasteiger partial charge in [0.25, 0.3) is 0 Å². The van der Waals surface area contributed by atoms with E-state index in [0.717, 1.165) is 21.5 Å². The number of benzene rings is 2. The lowest BCUT2D eigenvalue weighted by Gasteiger charge is -2.02. The van der Waals surface area contributed by atoms with E-state index >= 15 is 0 Å². The van der Waals surface area contributed by atoms with Crippen LogP contribution in [0.4, 0.5) is 0 Å². The van der Waals surface area contributed by atoms with Crippen LogP contribution in [0.3, 0.4) is 0 Å². The van der Waals surface area contributed by atoms with Crippen molar-refractivity contribution in [1.29, 1.82) is 0 Å². The third-order valence-corrected chi connectivity index (χ3v) is 4.30. The Morgan fingerprint density at radius 1 is 0.789 bits per heavy atom. The second-order valence-electron chi connectivity index (χ2n) is 4.37. The van der Waals surface area contributed by atoms with E-state index in [-0.39, 0.29) is 0 Å². The number of thiophene rings is 1. The van der Waals surface area contributed by atoms with E-state index in [4.69, 9.17) is 0 Å². The van der Waals surface area contributed by atoms with Crippen LogP contribution in [0, 0.1) is 0 Å². The second kappa shape index (κ2) is 4.14. The standard InChI is InChI=1S/C16H10N2S/c1-2-6-11(7-3-1)15-14-12-8-4-5-9-13(12)19-16(14)18-10-17-15/h1-10H. The molecule has 0 aliphatic rings. The van der Waals surface area contributed by atoms with Crippen LogP contribution in [0.1, 0.15) is 0 Å². The number of hydrogen-bond acceptors (Lipinski definition) is 3. The molecule has 2 nitrogen and oxygen atoms in total. The molecule has 3 heteroatoms. The Balaban J connectivity index is 2.17. The lowest BCUT2D eigenvalue weighted by Crippen LogP contribution is -1.85. The topological polar surface area (TPSA) is 25.8 Å². The lowest BCUT2D eigenvalue weighted by molar-refractivity contribution is 1.24. The highest BCUT2D eigenvalue weighted by atomic mass is 32.1. The van der Waals surface area contributed by atoms with Crippen LogP contribution in [0.2, 0.25) is 0 Å². The molecule has 0 aliphatic carbocycles. The minimum absolute atomic E-state index is 1.02. The predicted octanol–water partition coefficient (Wildman–Crippen LogP) is 4.51. The summed E-state index contributed by atoms with van der Waals surface area (Å²) < 4.78 is 1.26. The molecule has 0 bridgehead atoms. The Labute approximate surface area is 114 Å². The van der Waals surface area contributed by atoms with Gasteiger partial charge >= 0.3 is 0 Å². The van der Waals surface area contributed by atoms with Crippen LogP contribution < -0.4 is 0 Å². The van der Waals surface area contributed by atoms with Crippen molar-refractivity contribution in [3.63, 3.8) is 0 Å². The van der Waals surface area contributed by atoms with Crippen molar-refractivity contribution in [1.82, 2.24) is 9.97 Å². The molecule has 0 unspecified atom stereocenters. The summed E-state index contributed by atoms with van der Waals surface area (Å²) in [6.45, 7) is 0. The SMILES string of the molecule is c1ccc(-c2ncnc3sc4ccccc4c23)cc1. The van der Waals surface area contributed by atoms with Crippen LogP contribution in [-0.4, -0.2) is 9.97 Å². The first-order chi connectivity index (χ1) is 9.43. The maximum atomic E-state index is 4.50. The highest BCUT2D eigenvalue weighted by molar-refractivity contribution is 7.25. The zero-order valence-electron chi connectivity index (χ0n) is 10.1. The Bertz CT molecular complexity index is 866. The number of rotatable bonds is 1. The molecule has 0 fully saturated rings. The van der Waals surface area contributed by atoms with Crippen molar-refractivity contribution in [2.24, 2.45) is 0 Å². The van der Waals surface area contributed by atoms with E-state index in [1.54, 1.807) is 17.7 Å². The van der Waals surface area contributed by atoms with Gasteiger partial charge in [-0.2, -0.15) is 0 Å². The van der Waals surface area contributed by atoms with Gasteiger partial charge in [-0.1, -0.05) is 48.5 Å². The fraction of sp³-hybridized carbons (Fsp3) is 0. The molecular formula is C16H10N2S. The summed E-state index contributed by atoms with van der Waals surface area (Å²) in [6, 6.07) is 18.7. The van der Waals surface area contributed by atoms with Crippen molar-refractivity contribution in [3.8, 4) is 11.3 Å². The molecule has 0 aliphatic heterocycles. The van der Waals surface area contributed by atoms with Crippen molar-refractivity contribution in [2.75, 3.05) is 0 Å². The van der Waals surface area contributed by atoms with Gasteiger partial charge in [-0.25, -0.2) is 9.97 Å². The fourth-order valence-corrected chi connectivity index (χ4v) is 3.41. The molecule has 4 aromatic rings. The average Bonchev–Trinajstić information content (AvgIpc) is 2.86. The lowest BCUT2D eigenvalue weighted by atomic mass is 10.1. The maximum absolute atomic E-state index is 4.50. The molecule has 0 N–H and O–H groups in total. The van der Waals surface area contributed by atoms with Crippen molar-refractivity contribution in [2.45, 2.75) is 0 Å². The first kappa shape index (κ1) is 10.6. The molecule has 0 radical (unpaired) electrons. The third-order valence-electron chi connectivity index (χ3n) is 3.22. The normalized spacial score (nSPS) is 11.2.